The molecule has 1 heterocycles. The molecule has 0 aliphatic carbocycles. The predicted octanol–water partition coefficient (Wildman–Crippen LogP) is 4.90. The number of nitrogens with zero attached hydrogens (tertiary/aromatic N) is 1. The van der Waals surface area contributed by atoms with E-state index in [1.807, 2.05) is 44.2 Å². The Kier molecular flexibility index (Phi) is 5.49. The Labute approximate surface area is 159 Å². The Morgan fingerprint density at radius 2 is 1.89 bits per heavy atom. The fourth-order valence-corrected chi connectivity index (χ4v) is 3.05. The number of methoxy groups -OCH3 is 1. The number of fused-ring (bicyclic) bond motifs is 1. The van der Waals surface area contributed by atoms with E-state index in [1.54, 1.807) is 0 Å². The highest BCUT2D eigenvalue weighted by Crippen LogP contribution is 2.25. The van der Waals surface area contributed by atoms with Crippen molar-refractivity contribution >= 4 is 17.0 Å². The Balaban J connectivity index is 1.58. The van der Waals surface area contributed by atoms with E-state index in [0.717, 1.165) is 41.0 Å². The van der Waals surface area contributed by atoms with Crippen LogP contribution in [0.25, 0.3) is 22.4 Å². The van der Waals surface area contributed by atoms with Crippen LogP contribution < -0.4 is 4.74 Å². The second-order valence-corrected chi connectivity index (χ2v) is 7.46. The van der Waals surface area contributed by atoms with Crippen LogP contribution in [0.3, 0.4) is 0 Å². The largest absolute Gasteiger partial charge is 0.494 e. The average Bonchev–Trinajstić information content (AvgIpc) is 3.08. The Morgan fingerprint density at radius 3 is 2.59 bits per heavy atom. The van der Waals surface area contributed by atoms with Gasteiger partial charge in [-0.2, -0.15) is 0 Å². The summed E-state index contributed by atoms with van der Waals surface area (Å²) in [7, 11) is 1.42. The highest BCUT2D eigenvalue weighted by Gasteiger charge is 2.27. The molecule has 0 saturated carbocycles. The number of hydrogen-bond acceptors (Lipinski definition) is 4. The lowest BCUT2D eigenvalue weighted by Crippen LogP contribution is -2.26. The van der Waals surface area contributed by atoms with Gasteiger partial charge >= 0.3 is 5.97 Å². The molecule has 1 N–H and O–H groups in total. The van der Waals surface area contributed by atoms with Gasteiger partial charge in [0.05, 0.1) is 30.2 Å². The van der Waals surface area contributed by atoms with E-state index in [1.165, 1.54) is 12.7 Å². The number of rotatable bonds is 7. The van der Waals surface area contributed by atoms with Gasteiger partial charge in [0.2, 0.25) is 0 Å². The van der Waals surface area contributed by atoms with Crippen molar-refractivity contribution in [2.24, 2.45) is 5.41 Å². The van der Waals surface area contributed by atoms with Gasteiger partial charge in [0.1, 0.15) is 11.6 Å². The molecule has 3 aromatic rings. The zero-order valence-electron chi connectivity index (χ0n) is 16.3. The van der Waals surface area contributed by atoms with Crippen molar-refractivity contribution in [1.29, 1.82) is 0 Å². The van der Waals surface area contributed by atoms with Crippen LogP contribution in [0, 0.1) is 12.3 Å². The third kappa shape index (κ3) is 4.48. The van der Waals surface area contributed by atoms with Crippen LogP contribution in [-0.4, -0.2) is 29.7 Å². The number of hydrogen-bond donors (Lipinski definition) is 1. The van der Waals surface area contributed by atoms with Gasteiger partial charge in [-0.3, -0.25) is 4.79 Å². The van der Waals surface area contributed by atoms with Crippen molar-refractivity contribution < 1.29 is 14.3 Å². The maximum atomic E-state index is 11.7. The molecule has 0 aliphatic rings. The van der Waals surface area contributed by atoms with Gasteiger partial charge in [-0.25, -0.2) is 4.98 Å². The van der Waals surface area contributed by atoms with Crippen LogP contribution >= 0.6 is 0 Å². The summed E-state index contributed by atoms with van der Waals surface area (Å²) in [6.07, 6.45) is 1.50. The smallest absolute Gasteiger partial charge is 0.311 e. The fourth-order valence-electron chi connectivity index (χ4n) is 3.05. The second kappa shape index (κ2) is 7.82. The summed E-state index contributed by atoms with van der Waals surface area (Å²) in [5.41, 5.74) is 3.74. The molecule has 0 radical (unpaired) electrons. The van der Waals surface area contributed by atoms with Crippen molar-refractivity contribution in [1.82, 2.24) is 9.97 Å². The molecule has 1 aromatic heterocycles. The average molecular weight is 366 g/mol. The molecule has 0 unspecified atom stereocenters. The van der Waals surface area contributed by atoms with Gasteiger partial charge in [-0.1, -0.05) is 6.07 Å². The van der Waals surface area contributed by atoms with Crippen LogP contribution in [0.15, 0.2) is 42.5 Å². The monoisotopic (exact) mass is 366 g/mol. The van der Waals surface area contributed by atoms with Gasteiger partial charge in [0.25, 0.3) is 0 Å². The van der Waals surface area contributed by atoms with Crippen molar-refractivity contribution in [2.45, 2.75) is 33.6 Å². The molecule has 5 heteroatoms. The van der Waals surface area contributed by atoms with E-state index in [2.05, 4.69) is 29.0 Å². The maximum Gasteiger partial charge on any atom is 0.311 e. The van der Waals surface area contributed by atoms with Gasteiger partial charge in [0, 0.05) is 5.56 Å². The number of carbonyl (C=O) groups excluding carboxylic acids is 1. The van der Waals surface area contributed by atoms with Gasteiger partial charge in [0.15, 0.2) is 0 Å². The van der Waals surface area contributed by atoms with E-state index >= 15 is 0 Å². The minimum Gasteiger partial charge on any atom is -0.494 e. The van der Waals surface area contributed by atoms with Crippen molar-refractivity contribution in [2.75, 3.05) is 13.7 Å². The van der Waals surface area contributed by atoms with Crippen LogP contribution in [0.5, 0.6) is 5.75 Å². The number of benzene rings is 2. The molecule has 5 nitrogen and oxygen atoms in total. The van der Waals surface area contributed by atoms with E-state index in [9.17, 15) is 4.79 Å². The first-order valence-electron chi connectivity index (χ1n) is 9.17. The third-order valence-corrected chi connectivity index (χ3v) is 4.72. The first-order chi connectivity index (χ1) is 12.9. The number of ether oxygens (including phenoxy) is 2. The minimum atomic E-state index is -0.485. The maximum absolute atomic E-state index is 11.7. The summed E-state index contributed by atoms with van der Waals surface area (Å²) >= 11 is 0. The summed E-state index contributed by atoms with van der Waals surface area (Å²) in [6.45, 7) is 6.41. The third-order valence-electron chi connectivity index (χ3n) is 4.72. The first-order valence-corrected chi connectivity index (χ1v) is 9.17. The number of aromatic amines is 1. The van der Waals surface area contributed by atoms with E-state index in [4.69, 9.17) is 9.47 Å². The zero-order chi connectivity index (χ0) is 19.4. The number of nitrogens with one attached hydrogen (secondary N) is 1. The summed E-state index contributed by atoms with van der Waals surface area (Å²) in [5, 5.41) is 0. The predicted molar refractivity (Wildman–Crippen MR) is 107 cm³/mol. The number of H-pyrrole nitrogens is 1. The molecule has 0 saturated heterocycles. The van der Waals surface area contributed by atoms with Crippen LogP contribution in [0.2, 0.25) is 0 Å². The number of esters is 1. The van der Waals surface area contributed by atoms with Crippen LogP contribution in [0.1, 0.15) is 32.3 Å². The number of aryl methyl sites for hydroxylation is 1. The Hall–Kier alpha value is -2.82. The second-order valence-electron chi connectivity index (χ2n) is 7.46. The Bertz CT molecular complexity index is 926. The Morgan fingerprint density at radius 1 is 1.15 bits per heavy atom. The number of aromatic nitrogens is 2. The molecular formula is C22H26N2O3. The summed E-state index contributed by atoms with van der Waals surface area (Å²) in [6, 6.07) is 14.1. The number of carbonyl (C=O) groups is 1. The van der Waals surface area contributed by atoms with Crippen molar-refractivity contribution in [3.8, 4) is 17.1 Å². The summed E-state index contributed by atoms with van der Waals surface area (Å²) in [4.78, 5) is 19.7. The molecule has 3 rings (SSSR count). The standard InChI is InChI=1S/C22H26N2O3/c1-15-6-11-18-19(14-15)24-20(23-18)16-7-9-17(10-8-16)27-13-5-12-22(2,3)21(25)26-4/h6-11,14H,5,12-13H2,1-4H3,(H,23,24). The lowest BCUT2D eigenvalue weighted by Gasteiger charge is -2.21. The van der Waals surface area contributed by atoms with E-state index in [0.29, 0.717) is 6.61 Å². The number of imidazole rings is 1. The lowest BCUT2D eigenvalue weighted by molar-refractivity contribution is -0.151. The van der Waals surface area contributed by atoms with Gasteiger partial charge < -0.3 is 14.5 Å². The molecule has 27 heavy (non-hydrogen) atoms. The zero-order valence-corrected chi connectivity index (χ0v) is 16.3. The molecule has 0 spiro atoms. The highest BCUT2D eigenvalue weighted by molar-refractivity contribution is 5.80. The topological polar surface area (TPSA) is 64.2 Å². The quantitative estimate of drug-likeness (QED) is 0.477. The molecular weight excluding hydrogens is 340 g/mol. The normalized spacial score (nSPS) is 11.6. The molecule has 0 fully saturated rings. The SMILES string of the molecule is COC(=O)C(C)(C)CCCOc1ccc(-c2nc3ccc(C)cc3[nH]2)cc1. The molecule has 0 aliphatic heterocycles. The molecule has 0 amide bonds. The highest BCUT2D eigenvalue weighted by atomic mass is 16.5. The minimum absolute atomic E-state index is 0.187. The van der Waals surface area contributed by atoms with E-state index in [-0.39, 0.29) is 5.97 Å². The van der Waals surface area contributed by atoms with Crippen LogP contribution in [0.4, 0.5) is 0 Å². The van der Waals surface area contributed by atoms with Gasteiger partial charge in [-0.15, -0.1) is 0 Å². The molecule has 0 atom stereocenters. The molecule has 0 bridgehead atoms. The molecule has 142 valence electrons. The molecule has 2 aromatic carbocycles. The fraction of sp³-hybridized carbons (Fsp3) is 0.364. The van der Waals surface area contributed by atoms with Crippen molar-refractivity contribution in [3.05, 3.63) is 48.0 Å². The summed E-state index contributed by atoms with van der Waals surface area (Å²) < 4.78 is 10.6. The van der Waals surface area contributed by atoms with Crippen molar-refractivity contribution in [3.63, 3.8) is 0 Å². The van der Waals surface area contributed by atoms with Gasteiger partial charge in [-0.05, 0) is 75.6 Å². The first kappa shape index (κ1) is 19.0. The van der Waals surface area contributed by atoms with Crippen LogP contribution in [-0.2, 0) is 9.53 Å². The summed E-state index contributed by atoms with van der Waals surface area (Å²) in [5.74, 6) is 1.47. The van der Waals surface area contributed by atoms with E-state index < -0.39 is 5.41 Å². The lowest BCUT2D eigenvalue weighted by atomic mass is 9.88.